The molecule has 0 fully saturated rings. The van der Waals surface area contributed by atoms with Gasteiger partial charge in [-0.25, -0.2) is 0 Å². The highest BCUT2D eigenvalue weighted by Crippen LogP contribution is 2.32. The van der Waals surface area contributed by atoms with Crippen molar-refractivity contribution >= 4 is 21.8 Å². The molecule has 0 saturated carbocycles. The lowest BCUT2D eigenvalue weighted by Gasteiger charge is -2.10. The number of para-hydroxylation sites is 2. The molecule has 0 bridgehead atoms. The summed E-state index contributed by atoms with van der Waals surface area (Å²) in [5.74, 6) is 0.858. The molecule has 0 atom stereocenters. The van der Waals surface area contributed by atoms with Crippen LogP contribution in [0.4, 0.5) is 0 Å². The van der Waals surface area contributed by atoms with Gasteiger partial charge in [0.15, 0.2) is 0 Å². The van der Waals surface area contributed by atoms with E-state index in [0.29, 0.717) is 13.2 Å². The van der Waals surface area contributed by atoms with E-state index in [1.807, 2.05) is 12.1 Å². The number of nitrogens with zero attached hydrogens (tertiary/aromatic N) is 1. The molecule has 0 unspecified atom stereocenters. The molecule has 3 aromatic carbocycles. The SMILES string of the molecule is COCCOc1ccc(-n2c3ccccc3c3ccccc32)cc1. The predicted octanol–water partition coefficient (Wildman–Crippen LogP) is 4.81. The van der Waals surface area contributed by atoms with Gasteiger partial charge in [-0.15, -0.1) is 0 Å². The molecule has 4 aromatic rings. The topological polar surface area (TPSA) is 23.4 Å². The normalized spacial score (nSPS) is 11.2. The van der Waals surface area contributed by atoms with E-state index < -0.39 is 0 Å². The summed E-state index contributed by atoms with van der Waals surface area (Å²) in [4.78, 5) is 0. The van der Waals surface area contributed by atoms with E-state index in [2.05, 4.69) is 65.2 Å². The molecule has 0 aliphatic heterocycles. The van der Waals surface area contributed by atoms with E-state index in [9.17, 15) is 0 Å². The molecule has 0 aliphatic carbocycles. The molecule has 0 spiro atoms. The van der Waals surface area contributed by atoms with E-state index >= 15 is 0 Å². The minimum Gasteiger partial charge on any atom is -0.491 e. The van der Waals surface area contributed by atoms with Crippen LogP contribution < -0.4 is 4.74 Å². The smallest absolute Gasteiger partial charge is 0.119 e. The van der Waals surface area contributed by atoms with Crippen LogP contribution in [0.15, 0.2) is 72.8 Å². The second kappa shape index (κ2) is 6.38. The van der Waals surface area contributed by atoms with Crippen molar-refractivity contribution in [1.29, 1.82) is 0 Å². The Balaban J connectivity index is 1.80. The highest BCUT2D eigenvalue weighted by Gasteiger charge is 2.10. The van der Waals surface area contributed by atoms with Crippen molar-refractivity contribution in [2.24, 2.45) is 0 Å². The van der Waals surface area contributed by atoms with Gasteiger partial charge < -0.3 is 14.0 Å². The fourth-order valence-electron chi connectivity index (χ4n) is 3.13. The molecule has 0 amide bonds. The summed E-state index contributed by atoms with van der Waals surface area (Å²) >= 11 is 0. The first kappa shape index (κ1) is 14.8. The van der Waals surface area contributed by atoms with Crippen LogP contribution in [0.3, 0.4) is 0 Å². The monoisotopic (exact) mass is 317 g/mol. The average molecular weight is 317 g/mol. The maximum absolute atomic E-state index is 5.66. The van der Waals surface area contributed by atoms with Gasteiger partial charge in [-0.3, -0.25) is 0 Å². The Morgan fingerprint density at radius 1 is 0.708 bits per heavy atom. The van der Waals surface area contributed by atoms with Gasteiger partial charge in [0, 0.05) is 23.6 Å². The summed E-state index contributed by atoms with van der Waals surface area (Å²) in [5.41, 5.74) is 3.56. The van der Waals surface area contributed by atoms with Crippen molar-refractivity contribution in [2.45, 2.75) is 0 Å². The second-order valence-electron chi connectivity index (χ2n) is 5.70. The van der Waals surface area contributed by atoms with Crippen LogP contribution in [0.1, 0.15) is 0 Å². The molecule has 120 valence electrons. The van der Waals surface area contributed by atoms with Crippen LogP contribution in [-0.4, -0.2) is 24.9 Å². The highest BCUT2D eigenvalue weighted by atomic mass is 16.5. The molecule has 1 aromatic heterocycles. The fourth-order valence-corrected chi connectivity index (χ4v) is 3.13. The van der Waals surface area contributed by atoms with Gasteiger partial charge in [0.2, 0.25) is 0 Å². The Morgan fingerprint density at radius 3 is 1.88 bits per heavy atom. The van der Waals surface area contributed by atoms with E-state index in [4.69, 9.17) is 9.47 Å². The number of rotatable bonds is 5. The first-order chi connectivity index (χ1) is 11.9. The molecule has 0 N–H and O–H groups in total. The Morgan fingerprint density at radius 2 is 1.29 bits per heavy atom. The van der Waals surface area contributed by atoms with Gasteiger partial charge in [-0.2, -0.15) is 0 Å². The lowest BCUT2D eigenvalue weighted by Crippen LogP contribution is -2.04. The Labute approximate surface area is 141 Å². The molecule has 3 nitrogen and oxygen atoms in total. The van der Waals surface area contributed by atoms with E-state index in [-0.39, 0.29) is 0 Å². The highest BCUT2D eigenvalue weighted by molar-refractivity contribution is 6.09. The third kappa shape index (κ3) is 2.53. The van der Waals surface area contributed by atoms with Gasteiger partial charge in [0.05, 0.1) is 17.6 Å². The maximum atomic E-state index is 5.66. The van der Waals surface area contributed by atoms with Crippen LogP contribution in [-0.2, 0) is 4.74 Å². The molecule has 24 heavy (non-hydrogen) atoms. The van der Waals surface area contributed by atoms with Crippen LogP contribution in [0, 0.1) is 0 Å². The summed E-state index contributed by atoms with van der Waals surface area (Å²) in [6.45, 7) is 1.15. The van der Waals surface area contributed by atoms with E-state index in [0.717, 1.165) is 11.4 Å². The summed E-state index contributed by atoms with van der Waals surface area (Å²) in [6.07, 6.45) is 0. The maximum Gasteiger partial charge on any atom is 0.119 e. The zero-order valence-electron chi connectivity index (χ0n) is 13.6. The average Bonchev–Trinajstić information content (AvgIpc) is 2.97. The Hall–Kier alpha value is -2.78. The number of aromatic nitrogens is 1. The quantitative estimate of drug-likeness (QED) is 0.493. The zero-order chi connectivity index (χ0) is 16.4. The van der Waals surface area contributed by atoms with Gasteiger partial charge in [-0.05, 0) is 36.4 Å². The zero-order valence-corrected chi connectivity index (χ0v) is 13.6. The van der Waals surface area contributed by atoms with Crippen LogP contribution >= 0.6 is 0 Å². The minimum atomic E-state index is 0.561. The third-order valence-electron chi connectivity index (χ3n) is 4.23. The second-order valence-corrected chi connectivity index (χ2v) is 5.70. The van der Waals surface area contributed by atoms with Crippen molar-refractivity contribution in [1.82, 2.24) is 4.57 Å². The van der Waals surface area contributed by atoms with E-state index in [1.54, 1.807) is 7.11 Å². The molecule has 0 saturated heterocycles. The van der Waals surface area contributed by atoms with Crippen LogP contribution in [0.2, 0.25) is 0 Å². The first-order valence-electron chi connectivity index (χ1n) is 8.09. The molecule has 4 rings (SSSR count). The summed E-state index contributed by atoms with van der Waals surface area (Å²) in [5, 5.41) is 2.54. The molecule has 0 radical (unpaired) electrons. The number of benzene rings is 3. The van der Waals surface area contributed by atoms with Crippen molar-refractivity contribution in [2.75, 3.05) is 20.3 Å². The third-order valence-corrected chi connectivity index (χ3v) is 4.23. The molecular weight excluding hydrogens is 298 g/mol. The lowest BCUT2D eigenvalue weighted by molar-refractivity contribution is 0.146. The van der Waals surface area contributed by atoms with Crippen molar-refractivity contribution in [3.8, 4) is 11.4 Å². The molecular formula is C21H19NO2. The van der Waals surface area contributed by atoms with Gasteiger partial charge in [-0.1, -0.05) is 36.4 Å². The Kier molecular flexibility index (Phi) is 3.93. The summed E-state index contributed by atoms with van der Waals surface area (Å²) in [6, 6.07) is 25.2. The molecule has 0 aliphatic rings. The van der Waals surface area contributed by atoms with Gasteiger partial charge in [0.1, 0.15) is 12.4 Å². The fraction of sp³-hybridized carbons (Fsp3) is 0.143. The number of methoxy groups -OCH3 is 1. The molecule has 3 heteroatoms. The number of hydrogen-bond acceptors (Lipinski definition) is 2. The van der Waals surface area contributed by atoms with Gasteiger partial charge in [0.25, 0.3) is 0 Å². The van der Waals surface area contributed by atoms with E-state index in [1.165, 1.54) is 21.8 Å². The summed E-state index contributed by atoms with van der Waals surface area (Å²) in [7, 11) is 1.68. The van der Waals surface area contributed by atoms with Crippen molar-refractivity contribution < 1.29 is 9.47 Å². The van der Waals surface area contributed by atoms with Crippen molar-refractivity contribution in [3.05, 3.63) is 72.8 Å². The van der Waals surface area contributed by atoms with Gasteiger partial charge >= 0.3 is 0 Å². The lowest BCUT2D eigenvalue weighted by atomic mass is 10.2. The Bertz CT molecular complexity index is 917. The predicted molar refractivity (Wildman–Crippen MR) is 98.2 cm³/mol. The van der Waals surface area contributed by atoms with Crippen LogP contribution in [0.25, 0.3) is 27.5 Å². The standard InChI is InChI=1S/C21H19NO2/c1-23-14-15-24-17-12-10-16(11-13-17)22-20-8-4-2-6-18(20)19-7-3-5-9-21(19)22/h2-13H,14-15H2,1H3. The number of fused-ring (bicyclic) bond motifs is 3. The summed E-state index contributed by atoms with van der Waals surface area (Å²) < 4.78 is 13.0. The minimum absolute atomic E-state index is 0.561. The number of hydrogen-bond donors (Lipinski definition) is 0. The van der Waals surface area contributed by atoms with Crippen molar-refractivity contribution in [3.63, 3.8) is 0 Å². The van der Waals surface area contributed by atoms with Crippen LogP contribution in [0.5, 0.6) is 5.75 Å². The first-order valence-corrected chi connectivity index (χ1v) is 8.09. The number of ether oxygens (including phenoxy) is 2. The largest absolute Gasteiger partial charge is 0.491 e. The molecule has 1 heterocycles.